The highest BCUT2D eigenvalue weighted by atomic mass is 16.5. The summed E-state index contributed by atoms with van der Waals surface area (Å²) in [6.45, 7) is 10.7. The molecule has 2 atom stereocenters. The van der Waals surface area contributed by atoms with Crippen LogP contribution in [0.3, 0.4) is 0 Å². The largest absolute Gasteiger partial charge is 0.494 e. The van der Waals surface area contributed by atoms with Gasteiger partial charge in [0.2, 0.25) is 0 Å². The molecule has 1 aromatic carbocycles. The van der Waals surface area contributed by atoms with Gasteiger partial charge in [-0.15, -0.1) is 0 Å². The lowest BCUT2D eigenvalue weighted by Gasteiger charge is -2.27. The summed E-state index contributed by atoms with van der Waals surface area (Å²) in [7, 11) is 0. The Hall–Kier alpha value is -1.06. The summed E-state index contributed by atoms with van der Waals surface area (Å²) in [6.07, 6.45) is 1.19. The van der Waals surface area contributed by atoms with Crippen LogP contribution in [0.5, 0.6) is 5.75 Å². The lowest BCUT2D eigenvalue weighted by Crippen LogP contribution is -2.33. The minimum absolute atomic E-state index is 0.196. The van der Waals surface area contributed by atoms with Gasteiger partial charge >= 0.3 is 0 Å². The first-order valence-corrected chi connectivity index (χ1v) is 7.34. The van der Waals surface area contributed by atoms with E-state index in [0.717, 1.165) is 25.3 Å². The van der Waals surface area contributed by atoms with E-state index < -0.39 is 0 Å². The van der Waals surface area contributed by atoms with Crippen LogP contribution in [-0.4, -0.2) is 25.9 Å². The van der Waals surface area contributed by atoms with Crippen molar-refractivity contribution in [2.45, 2.75) is 46.3 Å². The zero-order valence-electron chi connectivity index (χ0n) is 12.6. The van der Waals surface area contributed by atoms with Gasteiger partial charge in [0.25, 0.3) is 0 Å². The summed E-state index contributed by atoms with van der Waals surface area (Å²) in [5.41, 5.74) is 1.23. The molecule has 0 bridgehead atoms. The summed E-state index contributed by atoms with van der Waals surface area (Å²) in [5.74, 6) is 0.925. The number of nitrogens with one attached hydrogen (secondary N) is 1. The molecule has 0 saturated heterocycles. The van der Waals surface area contributed by atoms with Crippen LogP contribution >= 0.6 is 0 Å². The Balaban J connectivity index is 2.93. The van der Waals surface area contributed by atoms with Crippen molar-refractivity contribution < 1.29 is 9.47 Å². The molecule has 0 saturated carbocycles. The minimum Gasteiger partial charge on any atom is -0.494 e. The first kappa shape index (κ1) is 16.0. The molecule has 1 rings (SSSR count). The van der Waals surface area contributed by atoms with E-state index in [9.17, 15) is 0 Å². The summed E-state index contributed by atoms with van der Waals surface area (Å²) in [5, 5.41) is 3.52. The van der Waals surface area contributed by atoms with Crippen LogP contribution in [0.2, 0.25) is 0 Å². The molecule has 2 unspecified atom stereocenters. The Morgan fingerprint density at radius 2 is 1.89 bits per heavy atom. The zero-order chi connectivity index (χ0) is 14.1. The van der Waals surface area contributed by atoms with Gasteiger partial charge in [0.05, 0.1) is 18.8 Å². The van der Waals surface area contributed by atoms with Crippen LogP contribution < -0.4 is 10.1 Å². The van der Waals surface area contributed by atoms with E-state index >= 15 is 0 Å². The van der Waals surface area contributed by atoms with Crippen molar-refractivity contribution in [3.05, 3.63) is 29.8 Å². The summed E-state index contributed by atoms with van der Waals surface area (Å²) < 4.78 is 11.4. The Labute approximate surface area is 117 Å². The highest BCUT2D eigenvalue weighted by molar-refractivity contribution is 5.31. The van der Waals surface area contributed by atoms with Crippen LogP contribution in [-0.2, 0) is 4.74 Å². The fourth-order valence-corrected chi connectivity index (χ4v) is 2.31. The van der Waals surface area contributed by atoms with Crippen LogP contribution in [0.25, 0.3) is 0 Å². The second kappa shape index (κ2) is 8.94. The first-order chi connectivity index (χ1) is 9.26. The first-order valence-electron chi connectivity index (χ1n) is 7.34. The van der Waals surface area contributed by atoms with Gasteiger partial charge in [0.15, 0.2) is 0 Å². The molecule has 3 nitrogen and oxygen atoms in total. The molecule has 0 fully saturated rings. The van der Waals surface area contributed by atoms with Gasteiger partial charge in [-0.25, -0.2) is 0 Å². The van der Waals surface area contributed by atoms with Gasteiger partial charge in [0, 0.05) is 6.61 Å². The maximum absolute atomic E-state index is 5.86. The van der Waals surface area contributed by atoms with Gasteiger partial charge in [-0.3, -0.25) is 0 Å². The Bertz CT molecular complexity index is 354. The lowest BCUT2D eigenvalue weighted by atomic mass is 9.99. The molecule has 0 aliphatic rings. The van der Waals surface area contributed by atoms with Crippen molar-refractivity contribution in [2.24, 2.45) is 0 Å². The van der Waals surface area contributed by atoms with Crippen molar-refractivity contribution >= 4 is 0 Å². The molecular weight excluding hydrogens is 238 g/mol. The Morgan fingerprint density at radius 1 is 1.11 bits per heavy atom. The maximum atomic E-state index is 5.86. The normalized spacial score (nSPS) is 14.1. The molecule has 19 heavy (non-hydrogen) atoms. The number of ether oxygens (including phenoxy) is 2. The van der Waals surface area contributed by atoms with E-state index in [4.69, 9.17) is 9.47 Å². The minimum atomic E-state index is 0.196. The van der Waals surface area contributed by atoms with Crippen LogP contribution in [0.15, 0.2) is 24.3 Å². The van der Waals surface area contributed by atoms with Crippen LogP contribution in [0, 0.1) is 0 Å². The van der Waals surface area contributed by atoms with E-state index in [0.29, 0.717) is 6.61 Å². The molecule has 0 radical (unpaired) electrons. The van der Waals surface area contributed by atoms with Gasteiger partial charge in [-0.05, 0) is 44.5 Å². The zero-order valence-corrected chi connectivity index (χ0v) is 12.6. The third kappa shape index (κ3) is 4.84. The predicted octanol–water partition coefficient (Wildman–Crippen LogP) is 3.55. The van der Waals surface area contributed by atoms with E-state index in [-0.39, 0.29) is 12.1 Å². The van der Waals surface area contributed by atoms with Crippen LogP contribution in [0.1, 0.15) is 45.7 Å². The van der Waals surface area contributed by atoms with Crippen molar-refractivity contribution in [2.75, 3.05) is 19.8 Å². The van der Waals surface area contributed by atoms with E-state index in [1.165, 1.54) is 5.56 Å². The monoisotopic (exact) mass is 265 g/mol. The third-order valence-corrected chi connectivity index (χ3v) is 3.11. The van der Waals surface area contributed by atoms with Gasteiger partial charge in [-0.1, -0.05) is 26.0 Å². The van der Waals surface area contributed by atoms with E-state index in [1.807, 2.05) is 26.0 Å². The Kier molecular flexibility index (Phi) is 7.53. The Morgan fingerprint density at radius 3 is 2.47 bits per heavy atom. The average Bonchev–Trinajstić information content (AvgIpc) is 2.43. The predicted molar refractivity (Wildman–Crippen MR) is 79.7 cm³/mol. The average molecular weight is 265 g/mol. The van der Waals surface area contributed by atoms with Crippen molar-refractivity contribution in [1.82, 2.24) is 5.32 Å². The number of benzene rings is 1. The van der Waals surface area contributed by atoms with E-state index in [1.54, 1.807) is 0 Å². The molecule has 0 heterocycles. The summed E-state index contributed by atoms with van der Waals surface area (Å²) in [4.78, 5) is 0. The van der Waals surface area contributed by atoms with Crippen LogP contribution in [0.4, 0.5) is 0 Å². The fraction of sp³-hybridized carbons (Fsp3) is 0.625. The molecule has 0 spiro atoms. The molecule has 3 heteroatoms. The topological polar surface area (TPSA) is 30.5 Å². The summed E-state index contributed by atoms with van der Waals surface area (Å²) >= 11 is 0. The quantitative estimate of drug-likeness (QED) is 0.740. The van der Waals surface area contributed by atoms with Gasteiger partial charge in [-0.2, -0.15) is 0 Å². The standard InChI is InChI=1S/C16H27NO2/c1-5-15(19-8-4)16(17-6-2)13-10-9-11-14(12-13)18-7-3/h9-12,15-17H,5-8H2,1-4H3. The molecule has 1 N–H and O–H groups in total. The molecule has 108 valence electrons. The second-order valence-electron chi connectivity index (χ2n) is 4.44. The number of hydrogen-bond acceptors (Lipinski definition) is 3. The maximum Gasteiger partial charge on any atom is 0.119 e. The summed E-state index contributed by atoms with van der Waals surface area (Å²) in [6, 6.07) is 8.51. The molecule has 0 amide bonds. The lowest BCUT2D eigenvalue weighted by molar-refractivity contribution is 0.0318. The molecule has 0 aliphatic heterocycles. The highest BCUT2D eigenvalue weighted by Gasteiger charge is 2.21. The van der Waals surface area contributed by atoms with Crippen molar-refractivity contribution in [3.63, 3.8) is 0 Å². The molecule has 1 aromatic rings. The van der Waals surface area contributed by atoms with Crippen molar-refractivity contribution in [1.29, 1.82) is 0 Å². The highest BCUT2D eigenvalue weighted by Crippen LogP contribution is 2.25. The fourth-order valence-electron chi connectivity index (χ4n) is 2.31. The van der Waals surface area contributed by atoms with Crippen molar-refractivity contribution in [3.8, 4) is 5.75 Å². The number of rotatable bonds is 9. The molecule has 0 aromatic heterocycles. The molecular formula is C16H27NO2. The number of likely N-dealkylation sites (N-methyl/N-ethyl adjacent to an activating group) is 1. The number of hydrogen-bond donors (Lipinski definition) is 1. The molecule has 0 aliphatic carbocycles. The smallest absolute Gasteiger partial charge is 0.119 e. The van der Waals surface area contributed by atoms with E-state index in [2.05, 4.69) is 31.3 Å². The third-order valence-electron chi connectivity index (χ3n) is 3.11. The van der Waals surface area contributed by atoms with Gasteiger partial charge in [0.1, 0.15) is 5.75 Å². The SMILES string of the molecule is CCNC(c1cccc(OCC)c1)C(CC)OCC. The van der Waals surface area contributed by atoms with Gasteiger partial charge < -0.3 is 14.8 Å². The second-order valence-corrected chi connectivity index (χ2v) is 4.44.